The second kappa shape index (κ2) is 4.87. The van der Waals surface area contributed by atoms with Crippen molar-refractivity contribution >= 4 is 12.2 Å². The third kappa shape index (κ3) is 1.78. The van der Waals surface area contributed by atoms with Gasteiger partial charge in [-0.2, -0.15) is 0 Å². The number of carbonyl (C=O) groups excluding carboxylic acids is 1. The maximum atomic E-state index is 10.6. The van der Waals surface area contributed by atoms with Crippen molar-refractivity contribution in [2.24, 2.45) is 0 Å². The Bertz CT molecular complexity index is 738. The van der Waals surface area contributed by atoms with E-state index in [4.69, 9.17) is 4.74 Å². The smallest absolute Gasteiger partial charge is 0.298 e. The van der Waals surface area contributed by atoms with Crippen LogP contribution in [0.4, 0.5) is 5.69 Å². The van der Waals surface area contributed by atoms with E-state index in [1.807, 2.05) is 12.1 Å². The van der Waals surface area contributed by atoms with E-state index in [9.17, 15) is 4.79 Å². The van der Waals surface area contributed by atoms with E-state index < -0.39 is 0 Å². The Morgan fingerprint density at radius 1 is 1.18 bits per heavy atom. The highest BCUT2D eigenvalue weighted by Gasteiger charge is 2.45. The number of fused-ring (bicyclic) bond motifs is 5. The highest BCUT2D eigenvalue weighted by atomic mass is 16.5. The van der Waals surface area contributed by atoms with Gasteiger partial charge in [0.15, 0.2) is 0 Å². The van der Waals surface area contributed by atoms with Gasteiger partial charge in [0, 0.05) is 17.6 Å². The molecule has 0 saturated heterocycles. The first-order valence-electron chi connectivity index (χ1n) is 7.81. The molecule has 22 heavy (non-hydrogen) atoms. The van der Waals surface area contributed by atoms with Crippen LogP contribution in [-0.2, 0) is 11.2 Å². The van der Waals surface area contributed by atoms with E-state index in [0.29, 0.717) is 30.2 Å². The summed E-state index contributed by atoms with van der Waals surface area (Å²) in [5, 5.41) is 0. The van der Waals surface area contributed by atoms with Gasteiger partial charge in [-0.1, -0.05) is 24.3 Å². The molecule has 0 N–H and O–H groups in total. The SMILES string of the molecule is CC(C)N1c2ccc(OC=O)cc2C2Cc3ccccc3C21. The molecule has 2 atom stereocenters. The number of ether oxygens (including phenoxy) is 1. The predicted molar refractivity (Wildman–Crippen MR) is 86.4 cm³/mol. The van der Waals surface area contributed by atoms with Crippen LogP contribution in [0, 0.1) is 0 Å². The average Bonchev–Trinajstić information content (AvgIpc) is 3.02. The summed E-state index contributed by atoms with van der Waals surface area (Å²) >= 11 is 0. The summed E-state index contributed by atoms with van der Waals surface area (Å²) in [7, 11) is 0. The largest absolute Gasteiger partial charge is 0.429 e. The monoisotopic (exact) mass is 293 g/mol. The second-order valence-corrected chi connectivity index (χ2v) is 6.39. The normalized spacial score (nSPS) is 21.5. The molecule has 2 unspecified atom stereocenters. The van der Waals surface area contributed by atoms with Crippen LogP contribution in [0.25, 0.3) is 0 Å². The summed E-state index contributed by atoms with van der Waals surface area (Å²) in [6.07, 6.45) is 1.06. The molecule has 112 valence electrons. The van der Waals surface area contributed by atoms with Crippen molar-refractivity contribution in [1.82, 2.24) is 0 Å². The molecule has 0 fully saturated rings. The topological polar surface area (TPSA) is 29.5 Å². The lowest BCUT2D eigenvalue weighted by Crippen LogP contribution is -2.31. The minimum atomic E-state index is 0.401. The third-order valence-electron chi connectivity index (χ3n) is 4.91. The van der Waals surface area contributed by atoms with Crippen molar-refractivity contribution in [3.63, 3.8) is 0 Å². The second-order valence-electron chi connectivity index (χ2n) is 6.39. The number of rotatable bonds is 3. The van der Waals surface area contributed by atoms with Gasteiger partial charge in [0.1, 0.15) is 5.75 Å². The van der Waals surface area contributed by atoms with Gasteiger partial charge in [-0.05, 0) is 55.2 Å². The van der Waals surface area contributed by atoms with E-state index in [-0.39, 0.29) is 0 Å². The van der Waals surface area contributed by atoms with Crippen molar-refractivity contribution < 1.29 is 9.53 Å². The number of hydrogen-bond donors (Lipinski definition) is 0. The standard InChI is InChI=1S/C19H19NO2/c1-12(2)20-18-8-7-14(22-11-21)10-16(18)17-9-13-5-3-4-6-15(13)19(17)20/h3-8,10-12,17,19H,9H2,1-2H3. The quantitative estimate of drug-likeness (QED) is 0.805. The zero-order valence-electron chi connectivity index (χ0n) is 12.8. The molecule has 4 rings (SSSR count). The molecule has 0 spiro atoms. The van der Waals surface area contributed by atoms with Gasteiger partial charge in [0.2, 0.25) is 0 Å². The first-order chi connectivity index (χ1) is 10.7. The summed E-state index contributed by atoms with van der Waals surface area (Å²) in [6, 6.07) is 15.6. The van der Waals surface area contributed by atoms with Gasteiger partial charge >= 0.3 is 0 Å². The fraction of sp³-hybridized carbons (Fsp3) is 0.316. The van der Waals surface area contributed by atoms with E-state index in [0.717, 1.165) is 6.42 Å². The van der Waals surface area contributed by atoms with Crippen LogP contribution in [0.2, 0.25) is 0 Å². The van der Waals surface area contributed by atoms with Gasteiger partial charge in [-0.15, -0.1) is 0 Å². The van der Waals surface area contributed by atoms with Gasteiger partial charge in [-0.25, -0.2) is 0 Å². The molecule has 0 aromatic heterocycles. The summed E-state index contributed by atoms with van der Waals surface area (Å²) in [5.74, 6) is 1.08. The first-order valence-corrected chi connectivity index (χ1v) is 7.81. The zero-order chi connectivity index (χ0) is 15.3. The first kappa shape index (κ1) is 13.4. The summed E-state index contributed by atoms with van der Waals surface area (Å²) in [4.78, 5) is 13.1. The molecule has 0 saturated carbocycles. The molecule has 1 aliphatic heterocycles. The predicted octanol–water partition coefficient (Wildman–Crippen LogP) is 3.83. The lowest BCUT2D eigenvalue weighted by molar-refractivity contribution is -0.120. The molecule has 1 heterocycles. The molecule has 2 aromatic carbocycles. The van der Waals surface area contributed by atoms with Crippen LogP contribution in [0.3, 0.4) is 0 Å². The van der Waals surface area contributed by atoms with Crippen LogP contribution in [-0.4, -0.2) is 12.5 Å². The Kier molecular flexibility index (Phi) is 2.96. The third-order valence-corrected chi connectivity index (χ3v) is 4.91. The van der Waals surface area contributed by atoms with Crippen LogP contribution in [0.5, 0.6) is 5.75 Å². The number of carbonyl (C=O) groups is 1. The summed E-state index contributed by atoms with van der Waals surface area (Å²) < 4.78 is 5.05. The molecule has 0 amide bonds. The Balaban J connectivity index is 1.85. The van der Waals surface area contributed by atoms with E-state index in [2.05, 4.69) is 49.1 Å². The Hall–Kier alpha value is -2.29. The molecule has 0 bridgehead atoms. The van der Waals surface area contributed by atoms with Crippen LogP contribution in [0.15, 0.2) is 42.5 Å². The fourth-order valence-corrected chi connectivity index (χ4v) is 4.14. The van der Waals surface area contributed by atoms with Crippen molar-refractivity contribution in [3.8, 4) is 5.75 Å². The molecular formula is C19H19NO2. The highest BCUT2D eigenvalue weighted by Crippen LogP contribution is 2.56. The number of hydrogen-bond acceptors (Lipinski definition) is 3. The van der Waals surface area contributed by atoms with Gasteiger partial charge in [0.05, 0.1) is 6.04 Å². The maximum absolute atomic E-state index is 10.6. The van der Waals surface area contributed by atoms with Gasteiger partial charge < -0.3 is 9.64 Å². The number of anilines is 1. The molecular weight excluding hydrogens is 274 g/mol. The average molecular weight is 293 g/mol. The van der Waals surface area contributed by atoms with Crippen LogP contribution in [0.1, 0.15) is 42.5 Å². The maximum Gasteiger partial charge on any atom is 0.298 e. The van der Waals surface area contributed by atoms with Crippen LogP contribution >= 0.6 is 0 Å². The van der Waals surface area contributed by atoms with E-state index in [1.54, 1.807) is 0 Å². The van der Waals surface area contributed by atoms with Crippen molar-refractivity contribution in [1.29, 1.82) is 0 Å². The fourth-order valence-electron chi connectivity index (χ4n) is 4.14. The molecule has 1 aliphatic carbocycles. The van der Waals surface area contributed by atoms with Crippen molar-refractivity contribution in [3.05, 3.63) is 59.2 Å². The van der Waals surface area contributed by atoms with Gasteiger partial charge in [0.25, 0.3) is 6.47 Å². The van der Waals surface area contributed by atoms with Crippen molar-refractivity contribution in [2.75, 3.05) is 4.90 Å². The summed E-state index contributed by atoms with van der Waals surface area (Å²) in [6.45, 7) is 4.98. The minimum absolute atomic E-state index is 0.401. The Morgan fingerprint density at radius 2 is 2.00 bits per heavy atom. The summed E-state index contributed by atoms with van der Waals surface area (Å²) in [5.41, 5.74) is 5.46. The zero-order valence-corrected chi connectivity index (χ0v) is 12.8. The molecule has 3 nitrogen and oxygen atoms in total. The molecule has 2 aliphatic rings. The van der Waals surface area contributed by atoms with E-state index in [1.165, 1.54) is 22.4 Å². The van der Waals surface area contributed by atoms with Gasteiger partial charge in [-0.3, -0.25) is 4.79 Å². The van der Waals surface area contributed by atoms with Crippen molar-refractivity contribution in [2.45, 2.75) is 38.3 Å². The lowest BCUT2D eigenvalue weighted by Gasteiger charge is -2.32. The molecule has 3 heteroatoms. The Labute approximate surface area is 130 Å². The highest BCUT2D eigenvalue weighted by molar-refractivity contribution is 5.68. The number of nitrogens with zero attached hydrogens (tertiary/aromatic N) is 1. The Morgan fingerprint density at radius 3 is 2.77 bits per heavy atom. The molecule has 2 aromatic rings. The minimum Gasteiger partial charge on any atom is -0.429 e. The lowest BCUT2D eigenvalue weighted by atomic mass is 9.95. The number of benzene rings is 2. The van der Waals surface area contributed by atoms with E-state index >= 15 is 0 Å². The molecule has 0 radical (unpaired) electrons. The van der Waals surface area contributed by atoms with Crippen LogP contribution < -0.4 is 9.64 Å².